The van der Waals surface area contributed by atoms with E-state index >= 15 is 0 Å². The molecule has 0 bridgehead atoms. The minimum atomic E-state index is -3.35. The van der Waals surface area contributed by atoms with Gasteiger partial charge in [-0.25, -0.2) is 8.42 Å². The van der Waals surface area contributed by atoms with Gasteiger partial charge in [-0.2, -0.15) is 0 Å². The highest BCUT2D eigenvalue weighted by Gasteiger charge is 2.49. The van der Waals surface area contributed by atoms with E-state index in [2.05, 4.69) is 5.32 Å². The summed E-state index contributed by atoms with van der Waals surface area (Å²) in [6, 6.07) is 0. The van der Waals surface area contributed by atoms with Crippen LogP contribution >= 0.6 is 0 Å². The van der Waals surface area contributed by atoms with Crippen LogP contribution in [-0.2, 0) is 14.6 Å². The molecule has 1 amide bonds. The molecule has 1 aliphatic carbocycles. The Bertz CT molecular complexity index is 331. The molecule has 0 spiro atoms. The van der Waals surface area contributed by atoms with Gasteiger partial charge in [0, 0.05) is 19.3 Å². The molecule has 0 aromatic heterocycles. The van der Waals surface area contributed by atoms with Crippen LogP contribution in [0.5, 0.6) is 0 Å². The number of rotatable bonds is 4. The Kier molecular flexibility index (Phi) is 3.72. The van der Waals surface area contributed by atoms with E-state index < -0.39 is 14.6 Å². The second kappa shape index (κ2) is 4.49. The molecule has 1 rings (SSSR count). The normalized spacial score (nSPS) is 20.1. The number of hydrogen-bond donors (Lipinski definition) is 2. The van der Waals surface area contributed by atoms with Gasteiger partial charge in [0.1, 0.15) is 4.75 Å². The van der Waals surface area contributed by atoms with E-state index in [-0.39, 0.29) is 5.91 Å². The lowest BCUT2D eigenvalue weighted by Crippen LogP contribution is -2.51. The minimum absolute atomic E-state index is 0.325. The van der Waals surface area contributed by atoms with Crippen LogP contribution < -0.4 is 11.1 Å². The first-order chi connectivity index (χ1) is 6.94. The van der Waals surface area contributed by atoms with Crippen molar-refractivity contribution in [3.05, 3.63) is 0 Å². The first-order valence-electron chi connectivity index (χ1n) is 5.12. The fourth-order valence-electron chi connectivity index (χ4n) is 2.06. The van der Waals surface area contributed by atoms with Gasteiger partial charge in [0.05, 0.1) is 0 Å². The Hall–Kier alpha value is -0.620. The second-order valence-electron chi connectivity index (χ2n) is 4.02. The van der Waals surface area contributed by atoms with E-state index in [1.54, 1.807) is 0 Å². The van der Waals surface area contributed by atoms with Gasteiger partial charge in [-0.1, -0.05) is 12.8 Å². The van der Waals surface area contributed by atoms with Gasteiger partial charge in [0.2, 0.25) is 5.91 Å². The standard InChI is InChI=1S/C9H18N2O3S/c1-15(13,14)9(4-2-3-5-9)8(12)11-7-6-10/h2-7,10H2,1H3,(H,11,12). The van der Waals surface area contributed by atoms with Crippen molar-refractivity contribution in [3.63, 3.8) is 0 Å². The predicted molar refractivity (Wildman–Crippen MR) is 58.1 cm³/mol. The lowest BCUT2D eigenvalue weighted by atomic mass is 10.1. The number of hydrogen-bond acceptors (Lipinski definition) is 4. The van der Waals surface area contributed by atoms with Gasteiger partial charge in [0.15, 0.2) is 9.84 Å². The highest BCUT2D eigenvalue weighted by atomic mass is 32.2. The number of carbonyl (C=O) groups is 1. The van der Waals surface area contributed by atoms with E-state index in [0.29, 0.717) is 25.9 Å². The van der Waals surface area contributed by atoms with Gasteiger partial charge in [0.25, 0.3) is 0 Å². The quantitative estimate of drug-likeness (QED) is 0.681. The summed E-state index contributed by atoms with van der Waals surface area (Å²) in [7, 11) is -3.35. The summed E-state index contributed by atoms with van der Waals surface area (Å²) < 4.78 is 22.1. The zero-order chi connectivity index (χ0) is 11.5. The summed E-state index contributed by atoms with van der Waals surface area (Å²) in [5.41, 5.74) is 5.26. The molecule has 0 aromatic rings. The van der Waals surface area contributed by atoms with Crippen molar-refractivity contribution >= 4 is 15.7 Å². The number of amides is 1. The van der Waals surface area contributed by atoms with Crippen molar-refractivity contribution in [2.24, 2.45) is 5.73 Å². The van der Waals surface area contributed by atoms with Gasteiger partial charge in [-0.15, -0.1) is 0 Å². The molecule has 0 radical (unpaired) electrons. The fourth-order valence-corrected chi connectivity index (χ4v) is 3.50. The Morgan fingerprint density at radius 3 is 2.33 bits per heavy atom. The summed E-state index contributed by atoms with van der Waals surface area (Å²) in [4.78, 5) is 11.8. The summed E-state index contributed by atoms with van der Waals surface area (Å²) in [6.07, 6.45) is 3.59. The topological polar surface area (TPSA) is 89.3 Å². The van der Waals surface area contributed by atoms with Crippen molar-refractivity contribution in [2.75, 3.05) is 19.3 Å². The Labute approximate surface area is 90.3 Å². The number of nitrogens with two attached hydrogens (primary N) is 1. The van der Waals surface area contributed by atoms with Crippen LogP contribution in [0.2, 0.25) is 0 Å². The van der Waals surface area contributed by atoms with E-state index in [4.69, 9.17) is 5.73 Å². The zero-order valence-electron chi connectivity index (χ0n) is 8.95. The molecule has 0 atom stereocenters. The molecule has 1 fully saturated rings. The van der Waals surface area contributed by atoms with Crippen LogP contribution in [0.15, 0.2) is 0 Å². The molecular weight excluding hydrogens is 216 g/mol. The smallest absolute Gasteiger partial charge is 0.241 e. The summed E-state index contributed by atoms with van der Waals surface area (Å²) >= 11 is 0. The van der Waals surface area contributed by atoms with Crippen LogP contribution in [0.3, 0.4) is 0 Å². The molecule has 6 heteroatoms. The van der Waals surface area contributed by atoms with Gasteiger partial charge in [-0.3, -0.25) is 4.79 Å². The molecule has 5 nitrogen and oxygen atoms in total. The van der Waals surface area contributed by atoms with Crippen molar-refractivity contribution in [1.29, 1.82) is 0 Å². The van der Waals surface area contributed by atoms with E-state index in [1.165, 1.54) is 0 Å². The molecule has 1 saturated carbocycles. The highest BCUT2D eigenvalue weighted by molar-refractivity contribution is 7.92. The number of nitrogens with one attached hydrogen (secondary N) is 1. The van der Waals surface area contributed by atoms with Crippen molar-refractivity contribution in [1.82, 2.24) is 5.32 Å². The highest BCUT2D eigenvalue weighted by Crippen LogP contribution is 2.36. The SMILES string of the molecule is CS(=O)(=O)C1(C(=O)NCCN)CCCC1. The number of carbonyl (C=O) groups excluding carboxylic acids is 1. The fraction of sp³-hybridized carbons (Fsp3) is 0.889. The Balaban J connectivity index is 2.88. The molecule has 0 heterocycles. The molecule has 15 heavy (non-hydrogen) atoms. The van der Waals surface area contributed by atoms with Crippen molar-refractivity contribution in [2.45, 2.75) is 30.4 Å². The lowest BCUT2D eigenvalue weighted by molar-refractivity contribution is -0.123. The van der Waals surface area contributed by atoms with Crippen LogP contribution in [0.1, 0.15) is 25.7 Å². The maximum atomic E-state index is 11.8. The number of sulfone groups is 1. The second-order valence-corrected chi connectivity index (χ2v) is 6.34. The largest absolute Gasteiger partial charge is 0.353 e. The van der Waals surface area contributed by atoms with Gasteiger partial charge >= 0.3 is 0 Å². The minimum Gasteiger partial charge on any atom is -0.353 e. The van der Waals surface area contributed by atoms with Gasteiger partial charge < -0.3 is 11.1 Å². The van der Waals surface area contributed by atoms with Crippen molar-refractivity contribution in [3.8, 4) is 0 Å². The Morgan fingerprint density at radius 1 is 1.40 bits per heavy atom. The van der Waals surface area contributed by atoms with Crippen LogP contribution in [0.4, 0.5) is 0 Å². The first-order valence-corrected chi connectivity index (χ1v) is 7.01. The summed E-state index contributed by atoms with van der Waals surface area (Å²) in [5, 5.41) is 2.58. The van der Waals surface area contributed by atoms with Gasteiger partial charge in [-0.05, 0) is 12.8 Å². The van der Waals surface area contributed by atoms with Crippen LogP contribution in [0, 0.1) is 0 Å². The average molecular weight is 234 g/mol. The molecule has 0 aliphatic heterocycles. The van der Waals surface area contributed by atoms with Crippen LogP contribution in [-0.4, -0.2) is 38.4 Å². The zero-order valence-corrected chi connectivity index (χ0v) is 9.77. The maximum absolute atomic E-state index is 11.8. The monoisotopic (exact) mass is 234 g/mol. The third-order valence-electron chi connectivity index (χ3n) is 2.96. The molecule has 0 saturated heterocycles. The predicted octanol–water partition coefficient (Wildman–Crippen LogP) is -0.581. The lowest BCUT2D eigenvalue weighted by Gasteiger charge is -2.25. The summed E-state index contributed by atoms with van der Waals surface area (Å²) in [6.45, 7) is 0.654. The van der Waals surface area contributed by atoms with Crippen LogP contribution in [0.25, 0.3) is 0 Å². The average Bonchev–Trinajstić information content (AvgIpc) is 2.62. The maximum Gasteiger partial charge on any atom is 0.241 e. The molecule has 1 aliphatic rings. The molecule has 88 valence electrons. The third-order valence-corrected chi connectivity index (χ3v) is 4.98. The van der Waals surface area contributed by atoms with E-state index in [0.717, 1.165) is 19.1 Å². The Morgan fingerprint density at radius 2 is 1.93 bits per heavy atom. The molecule has 0 unspecified atom stereocenters. The summed E-state index contributed by atoms with van der Waals surface area (Å²) in [5.74, 6) is -0.382. The van der Waals surface area contributed by atoms with E-state index in [9.17, 15) is 13.2 Å². The molecule has 3 N–H and O–H groups in total. The molecular formula is C9H18N2O3S. The molecule has 0 aromatic carbocycles. The first kappa shape index (κ1) is 12.4. The third kappa shape index (κ3) is 2.31. The van der Waals surface area contributed by atoms with Crippen molar-refractivity contribution < 1.29 is 13.2 Å². The van der Waals surface area contributed by atoms with E-state index in [1.807, 2.05) is 0 Å².